The van der Waals surface area contributed by atoms with Gasteiger partial charge in [-0.3, -0.25) is 0 Å². The first-order valence-electron chi connectivity index (χ1n) is 6.85. The molecule has 104 valence electrons. The van der Waals surface area contributed by atoms with Gasteiger partial charge in [-0.2, -0.15) is 0 Å². The van der Waals surface area contributed by atoms with Crippen LogP contribution < -0.4 is 0 Å². The van der Waals surface area contributed by atoms with Crippen LogP contribution in [0.5, 0.6) is 0 Å². The van der Waals surface area contributed by atoms with Crippen LogP contribution in [0.25, 0.3) is 0 Å². The maximum absolute atomic E-state index is 2.49. The Morgan fingerprint density at radius 3 is 2.00 bits per heavy atom. The first-order chi connectivity index (χ1) is 6.99. The summed E-state index contributed by atoms with van der Waals surface area (Å²) in [6.07, 6.45) is 5.84. The average Bonchev–Trinajstić information content (AvgIpc) is 2.71. The third-order valence-corrected chi connectivity index (χ3v) is 5.08. The molecule has 2 fully saturated rings. The Morgan fingerprint density at radius 2 is 1.65 bits per heavy atom. The topological polar surface area (TPSA) is 61.5 Å². The van der Waals surface area contributed by atoms with Gasteiger partial charge < -0.3 is 15.4 Å². The monoisotopic (exact) mass is 245 g/mol. The molecule has 2 unspecified atom stereocenters. The lowest BCUT2D eigenvalue weighted by Crippen LogP contribution is -2.54. The Morgan fingerprint density at radius 1 is 1.12 bits per heavy atom. The van der Waals surface area contributed by atoms with Gasteiger partial charge in [-0.1, -0.05) is 20.8 Å². The zero-order chi connectivity index (χ0) is 11.1. The Kier molecular flexibility index (Phi) is 5.64. The molecular formula is C14H31NO2. The van der Waals surface area contributed by atoms with E-state index in [9.17, 15) is 0 Å². The maximum Gasteiger partial charge on any atom is 0.0921 e. The second kappa shape index (κ2) is 5.68. The highest BCUT2D eigenvalue weighted by molar-refractivity contribution is 4.89. The molecule has 1 heterocycles. The number of hydrogen-bond acceptors (Lipinski definition) is 1. The van der Waals surface area contributed by atoms with Crippen LogP contribution in [-0.4, -0.2) is 41.1 Å². The average molecular weight is 245 g/mol. The molecular weight excluding hydrogens is 214 g/mol. The van der Waals surface area contributed by atoms with Crippen molar-refractivity contribution >= 4 is 0 Å². The minimum atomic E-state index is 0. The van der Waals surface area contributed by atoms with E-state index in [2.05, 4.69) is 27.7 Å². The molecule has 1 aliphatic carbocycles. The van der Waals surface area contributed by atoms with Gasteiger partial charge in [0.05, 0.1) is 25.7 Å². The number of likely N-dealkylation sites (tertiary alicyclic amines) is 1. The zero-order valence-electron chi connectivity index (χ0n) is 12.0. The molecule has 1 saturated carbocycles. The van der Waals surface area contributed by atoms with Crippen molar-refractivity contribution in [1.29, 1.82) is 0 Å². The van der Waals surface area contributed by atoms with Gasteiger partial charge in [0.15, 0.2) is 0 Å². The first kappa shape index (κ1) is 16.9. The van der Waals surface area contributed by atoms with Gasteiger partial charge in [0.1, 0.15) is 0 Å². The van der Waals surface area contributed by atoms with Crippen LogP contribution in [0.1, 0.15) is 53.4 Å². The molecule has 0 aromatic carbocycles. The van der Waals surface area contributed by atoms with E-state index in [1.54, 1.807) is 0 Å². The Balaban J connectivity index is 0.00000128. The quantitative estimate of drug-likeness (QED) is 0.689. The molecule has 3 N–H and O–H groups in total. The number of rotatable bonds is 2. The van der Waals surface area contributed by atoms with Crippen LogP contribution in [0.15, 0.2) is 0 Å². The fraction of sp³-hybridized carbons (Fsp3) is 1.00. The minimum Gasteiger partial charge on any atom is -0.870 e. The fourth-order valence-electron chi connectivity index (χ4n) is 4.44. The first-order valence-corrected chi connectivity index (χ1v) is 6.85. The summed E-state index contributed by atoms with van der Waals surface area (Å²) in [5.74, 6) is 0.943. The predicted octanol–water partition coefficient (Wildman–Crippen LogP) is 2.44. The molecule has 0 amide bonds. The normalized spacial score (nSPS) is 33.9. The molecule has 0 aromatic heterocycles. The van der Waals surface area contributed by atoms with Crippen LogP contribution in [0.3, 0.4) is 0 Å². The van der Waals surface area contributed by atoms with Crippen molar-refractivity contribution in [3.05, 3.63) is 0 Å². The fourth-order valence-corrected chi connectivity index (χ4v) is 4.44. The van der Waals surface area contributed by atoms with Gasteiger partial charge in [0, 0.05) is 25.2 Å². The van der Waals surface area contributed by atoms with Crippen molar-refractivity contribution < 1.29 is 15.4 Å². The van der Waals surface area contributed by atoms with Crippen molar-refractivity contribution in [3.8, 4) is 0 Å². The SMILES string of the molecule is CC[N+]1(C2CC(C)(C)CC2C)CCCC1.O.[OH-]. The summed E-state index contributed by atoms with van der Waals surface area (Å²) in [6, 6.07) is 0.965. The molecule has 2 rings (SSSR count). The summed E-state index contributed by atoms with van der Waals surface area (Å²) >= 11 is 0. The lowest BCUT2D eigenvalue weighted by atomic mass is 9.91. The third-order valence-electron chi connectivity index (χ3n) is 5.08. The molecule has 3 nitrogen and oxygen atoms in total. The molecule has 0 bridgehead atoms. The van der Waals surface area contributed by atoms with Crippen LogP contribution in [-0.2, 0) is 0 Å². The van der Waals surface area contributed by atoms with Crippen LogP contribution in [0.4, 0.5) is 0 Å². The lowest BCUT2D eigenvalue weighted by molar-refractivity contribution is -0.941. The summed E-state index contributed by atoms with van der Waals surface area (Å²) in [5, 5.41) is 0. The minimum absolute atomic E-state index is 0. The van der Waals surface area contributed by atoms with E-state index in [-0.39, 0.29) is 11.0 Å². The molecule has 0 aromatic rings. The van der Waals surface area contributed by atoms with Gasteiger partial charge >= 0.3 is 0 Å². The van der Waals surface area contributed by atoms with Gasteiger partial charge in [-0.25, -0.2) is 0 Å². The number of nitrogens with zero attached hydrogens (tertiary/aromatic N) is 1. The van der Waals surface area contributed by atoms with Gasteiger partial charge in [0.2, 0.25) is 0 Å². The van der Waals surface area contributed by atoms with Crippen molar-refractivity contribution in [2.75, 3.05) is 19.6 Å². The molecule has 0 radical (unpaired) electrons. The molecule has 3 heteroatoms. The largest absolute Gasteiger partial charge is 0.870 e. The van der Waals surface area contributed by atoms with Crippen molar-refractivity contribution in [2.24, 2.45) is 11.3 Å². The van der Waals surface area contributed by atoms with Crippen molar-refractivity contribution in [1.82, 2.24) is 0 Å². The van der Waals surface area contributed by atoms with E-state index in [0.29, 0.717) is 5.41 Å². The highest BCUT2D eigenvalue weighted by atomic mass is 16.0. The summed E-state index contributed by atoms with van der Waals surface area (Å²) in [4.78, 5) is 0. The molecule has 0 spiro atoms. The lowest BCUT2D eigenvalue weighted by Gasteiger charge is -2.41. The molecule has 1 saturated heterocycles. The Labute approximate surface area is 106 Å². The van der Waals surface area contributed by atoms with E-state index < -0.39 is 0 Å². The smallest absolute Gasteiger partial charge is 0.0921 e. The van der Waals surface area contributed by atoms with E-state index >= 15 is 0 Å². The zero-order valence-corrected chi connectivity index (χ0v) is 12.0. The Bertz CT molecular complexity index is 234. The van der Waals surface area contributed by atoms with E-state index in [1.165, 1.54) is 49.8 Å². The standard InChI is InChI=1S/C14H28N.2H2O/c1-5-15(8-6-7-9-15)13-11-14(3,4)10-12(13)2;;/h12-13H,5-11H2,1-4H3;2*1H2/q+1;;/p-1. The van der Waals surface area contributed by atoms with Gasteiger partial charge in [0.25, 0.3) is 0 Å². The van der Waals surface area contributed by atoms with E-state index in [4.69, 9.17) is 0 Å². The molecule has 1 aliphatic heterocycles. The summed E-state index contributed by atoms with van der Waals surface area (Å²) in [7, 11) is 0. The second-order valence-corrected chi connectivity index (χ2v) is 6.81. The molecule has 2 atom stereocenters. The summed E-state index contributed by atoms with van der Waals surface area (Å²) < 4.78 is 1.45. The third kappa shape index (κ3) is 3.01. The van der Waals surface area contributed by atoms with Crippen molar-refractivity contribution in [3.63, 3.8) is 0 Å². The second-order valence-electron chi connectivity index (χ2n) is 6.81. The Hall–Kier alpha value is -0.120. The van der Waals surface area contributed by atoms with Crippen LogP contribution in [0, 0.1) is 11.3 Å². The number of quaternary nitrogens is 1. The van der Waals surface area contributed by atoms with E-state index in [1.807, 2.05) is 0 Å². The van der Waals surface area contributed by atoms with Crippen LogP contribution in [0.2, 0.25) is 0 Å². The van der Waals surface area contributed by atoms with E-state index in [0.717, 1.165) is 12.0 Å². The highest BCUT2D eigenvalue weighted by Gasteiger charge is 2.49. The van der Waals surface area contributed by atoms with Crippen molar-refractivity contribution in [2.45, 2.75) is 59.4 Å². The maximum atomic E-state index is 2.49. The van der Waals surface area contributed by atoms with Crippen LogP contribution >= 0.6 is 0 Å². The summed E-state index contributed by atoms with van der Waals surface area (Å²) in [6.45, 7) is 14.1. The molecule has 2 aliphatic rings. The molecule has 17 heavy (non-hydrogen) atoms. The van der Waals surface area contributed by atoms with Gasteiger partial charge in [-0.15, -0.1) is 0 Å². The van der Waals surface area contributed by atoms with Gasteiger partial charge in [-0.05, 0) is 18.8 Å². The summed E-state index contributed by atoms with van der Waals surface area (Å²) in [5.41, 5.74) is 0.604. The number of hydrogen-bond donors (Lipinski definition) is 0. The predicted molar refractivity (Wildman–Crippen MR) is 71.3 cm³/mol. The highest BCUT2D eigenvalue weighted by Crippen LogP contribution is 2.46.